The molecule has 1 saturated heterocycles. The number of benzene rings is 1. The van der Waals surface area contributed by atoms with Crippen molar-refractivity contribution in [2.24, 2.45) is 0 Å². The Kier molecular flexibility index (Phi) is 6.28. The molecule has 1 fully saturated rings. The maximum atomic E-state index is 13.3. The summed E-state index contributed by atoms with van der Waals surface area (Å²) >= 11 is 7.17. The first-order chi connectivity index (χ1) is 13.0. The topological polar surface area (TPSA) is 75.7 Å². The lowest BCUT2D eigenvalue weighted by molar-refractivity contribution is -0.127. The lowest BCUT2D eigenvalue weighted by atomic mass is 10.2. The van der Waals surface area contributed by atoms with Crippen molar-refractivity contribution in [1.82, 2.24) is 10.2 Å². The molecular formula is C18H18ClFN2O4S. The number of rotatable bonds is 7. The van der Waals surface area contributed by atoms with Crippen LogP contribution in [0.3, 0.4) is 0 Å². The van der Waals surface area contributed by atoms with Gasteiger partial charge in [0.25, 0.3) is 5.91 Å². The van der Waals surface area contributed by atoms with Gasteiger partial charge in [0, 0.05) is 36.1 Å². The molecule has 1 N–H and O–H groups in total. The highest BCUT2D eigenvalue weighted by Crippen LogP contribution is 2.36. The summed E-state index contributed by atoms with van der Waals surface area (Å²) in [4.78, 5) is 37.3. The number of amides is 2. The van der Waals surface area contributed by atoms with Crippen LogP contribution in [0.2, 0.25) is 5.02 Å². The highest BCUT2D eigenvalue weighted by molar-refractivity contribution is 7.21. The van der Waals surface area contributed by atoms with Gasteiger partial charge >= 0.3 is 5.97 Å². The van der Waals surface area contributed by atoms with E-state index in [1.807, 2.05) is 0 Å². The summed E-state index contributed by atoms with van der Waals surface area (Å²) in [6, 6.07) is 4.05. The first kappa shape index (κ1) is 19.6. The molecule has 2 amide bonds. The third-order valence-electron chi connectivity index (χ3n) is 4.21. The van der Waals surface area contributed by atoms with Gasteiger partial charge in [0.1, 0.15) is 10.7 Å². The SMILES string of the molecule is O=C(COC(=O)c1sc2cc(F)ccc2c1Cl)NCCCN1CCCC1=O. The number of halogens is 2. The van der Waals surface area contributed by atoms with E-state index >= 15 is 0 Å². The van der Waals surface area contributed by atoms with Gasteiger partial charge in [0.2, 0.25) is 5.91 Å². The molecule has 0 atom stereocenters. The van der Waals surface area contributed by atoms with E-state index in [1.165, 1.54) is 18.2 Å². The average molecular weight is 413 g/mol. The van der Waals surface area contributed by atoms with E-state index in [-0.39, 0.29) is 15.8 Å². The quantitative estimate of drug-likeness (QED) is 0.560. The van der Waals surface area contributed by atoms with Gasteiger partial charge in [0.15, 0.2) is 6.61 Å². The summed E-state index contributed by atoms with van der Waals surface area (Å²) in [5.41, 5.74) is 0. The third kappa shape index (κ3) is 4.75. The second-order valence-electron chi connectivity index (χ2n) is 6.15. The molecular weight excluding hydrogens is 395 g/mol. The fraction of sp³-hybridized carbons (Fsp3) is 0.389. The van der Waals surface area contributed by atoms with Gasteiger partial charge in [-0.2, -0.15) is 0 Å². The Balaban J connectivity index is 1.44. The maximum absolute atomic E-state index is 13.3. The number of hydrogen-bond donors (Lipinski definition) is 1. The van der Waals surface area contributed by atoms with Gasteiger partial charge in [-0.15, -0.1) is 11.3 Å². The van der Waals surface area contributed by atoms with E-state index in [2.05, 4.69) is 5.32 Å². The van der Waals surface area contributed by atoms with Crippen molar-refractivity contribution in [3.63, 3.8) is 0 Å². The fourth-order valence-electron chi connectivity index (χ4n) is 2.86. The minimum Gasteiger partial charge on any atom is -0.451 e. The van der Waals surface area contributed by atoms with E-state index < -0.39 is 24.3 Å². The molecule has 1 aromatic heterocycles. The van der Waals surface area contributed by atoms with E-state index in [9.17, 15) is 18.8 Å². The van der Waals surface area contributed by atoms with Gasteiger partial charge in [-0.25, -0.2) is 9.18 Å². The normalized spacial score (nSPS) is 14.0. The van der Waals surface area contributed by atoms with Crippen LogP contribution in [-0.2, 0) is 14.3 Å². The summed E-state index contributed by atoms with van der Waals surface area (Å²) < 4.78 is 18.8. The Labute approximate surface area is 164 Å². The lowest BCUT2D eigenvalue weighted by Crippen LogP contribution is -2.32. The Hall–Kier alpha value is -2.19. The number of carbonyl (C=O) groups is 3. The van der Waals surface area contributed by atoms with Crippen LogP contribution in [0.5, 0.6) is 0 Å². The van der Waals surface area contributed by atoms with Crippen LogP contribution in [-0.4, -0.2) is 48.9 Å². The summed E-state index contributed by atoms with van der Waals surface area (Å²) in [6.45, 7) is 1.33. The molecule has 1 aliphatic heterocycles. The molecule has 0 saturated carbocycles. The average Bonchev–Trinajstić information content (AvgIpc) is 3.19. The summed E-state index contributed by atoms with van der Waals surface area (Å²) in [7, 11) is 0. The molecule has 9 heteroatoms. The highest BCUT2D eigenvalue weighted by Gasteiger charge is 2.20. The monoisotopic (exact) mass is 412 g/mol. The van der Waals surface area contributed by atoms with Gasteiger partial charge in [-0.3, -0.25) is 9.59 Å². The van der Waals surface area contributed by atoms with Crippen molar-refractivity contribution in [3.05, 3.63) is 33.9 Å². The Morgan fingerprint density at radius 1 is 1.37 bits per heavy atom. The summed E-state index contributed by atoms with van der Waals surface area (Å²) in [6.07, 6.45) is 2.11. The molecule has 3 rings (SSSR count). The van der Waals surface area contributed by atoms with Crippen LogP contribution < -0.4 is 5.32 Å². The molecule has 27 heavy (non-hydrogen) atoms. The number of fused-ring (bicyclic) bond motifs is 1. The second-order valence-corrected chi connectivity index (χ2v) is 7.58. The van der Waals surface area contributed by atoms with Crippen LogP contribution in [0, 0.1) is 5.82 Å². The summed E-state index contributed by atoms with van der Waals surface area (Å²) in [5.74, 6) is -1.43. The fourth-order valence-corrected chi connectivity index (χ4v) is 4.28. The highest BCUT2D eigenvalue weighted by atomic mass is 35.5. The molecule has 0 bridgehead atoms. The van der Waals surface area contributed by atoms with E-state index in [1.54, 1.807) is 4.90 Å². The zero-order chi connectivity index (χ0) is 19.4. The zero-order valence-corrected chi connectivity index (χ0v) is 16.0. The molecule has 0 radical (unpaired) electrons. The van der Waals surface area contributed by atoms with E-state index in [4.69, 9.17) is 16.3 Å². The number of nitrogens with one attached hydrogen (secondary N) is 1. The predicted molar refractivity (Wildman–Crippen MR) is 101 cm³/mol. The number of thiophene rings is 1. The minimum absolute atomic E-state index is 0.137. The van der Waals surface area contributed by atoms with Gasteiger partial charge in [0.05, 0.1) is 5.02 Å². The number of likely N-dealkylation sites (tertiary alicyclic amines) is 1. The Morgan fingerprint density at radius 3 is 2.93 bits per heavy atom. The van der Waals surface area contributed by atoms with Crippen molar-refractivity contribution in [1.29, 1.82) is 0 Å². The Bertz CT molecular complexity index is 886. The smallest absolute Gasteiger partial charge is 0.350 e. The maximum Gasteiger partial charge on any atom is 0.350 e. The molecule has 0 spiro atoms. The zero-order valence-electron chi connectivity index (χ0n) is 14.4. The van der Waals surface area contributed by atoms with E-state index in [0.717, 1.165) is 24.3 Å². The first-order valence-corrected chi connectivity index (χ1v) is 9.74. The second kappa shape index (κ2) is 8.67. The molecule has 6 nitrogen and oxygen atoms in total. The molecule has 0 aliphatic carbocycles. The van der Waals surface area contributed by atoms with Crippen LogP contribution in [0.15, 0.2) is 18.2 Å². The van der Waals surface area contributed by atoms with Gasteiger partial charge in [-0.05, 0) is 31.0 Å². The van der Waals surface area contributed by atoms with E-state index in [0.29, 0.717) is 36.0 Å². The molecule has 0 unspecified atom stereocenters. The molecule has 2 aromatic rings. The number of hydrogen-bond acceptors (Lipinski definition) is 5. The van der Waals surface area contributed by atoms with Gasteiger partial charge in [-0.1, -0.05) is 11.6 Å². The third-order valence-corrected chi connectivity index (χ3v) is 5.85. The molecule has 1 aliphatic rings. The van der Waals surface area contributed by atoms with Crippen molar-refractivity contribution in [2.45, 2.75) is 19.3 Å². The molecule has 1 aromatic carbocycles. The predicted octanol–water partition coefficient (Wildman–Crippen LogP) is 2.98. The van der Waals surface area contributed by atoms with Crippen molar-refractivity contribution in [2.75, 3.05) is 26.2 Å². The largest absolute Gasteiger partial charge is 0.451 e. The van der Waals surface area contributed by atoms with Crippen LogP contribution in [0.25, 0.3) is 10.1 Å². The number of carbonyl (C=O) groups excluding carboxylic acids is 3. The number of esters is 1. The van der Waals surface area contributed by atoms with Crippen molar-refractivity contribution < 1.29 is 23.5 Å². The summed E-state index contributed by atoms with van der Waals surface area (Å²) in [5, 5.41) is 3.40. The first-order valence-electron chi connectivity index (χ1n) is 8.55. The number of nitrogens with zero attached hydrogens (tertiary/aromatic N) is 1. The lowest BCUT2D eigenvalue weighted by Gasteiger charge is -2.15. The van der Waals surface area contributed by atoms with Crippen molar-refractivity contribution >= 4 is 50.8 Å². The van der Waals surface area contributed by atoms with Crippen LogP contribution >= 0.6 is 22.9 Å². The molecule has 2 heterocycles. The van der Waals surface area contributed by atoms with Gasteiger partial charge < -0.3 is 15.0 Å². The van der Waals surface area contributed by atoms with Crippen LogP contribution in [0.1, 0.15) is 28.9 Å². The Morgan fingerprint density at radius 2 is 2.19 bits per heavy atom. The minimum atomic E-state index is -0.723. The van der Waals surface area contributed by atoms with Crippen molar-refractivity contribution in [3.8, 4) is 0 Å². The van der Waals surface area contributed by atoms with Crippen LogP contribution in [0.4, 0.5) is 4.39 Å². The molecule has 144 valence electrons. The number of ether oxygens (including phenoxy) is 1. The standard InChI is InChI=1S/C18H18ClFN2O4S/c19-16-12-5-4-11(20)9-13(12)27-17(16)18(25)26-10-14(23)21-6-2-8-22-7-1-3-15(22)24/h4-5,9H,1-3,6-8,10H2,(H,21,23).